The molecular weight excluding hydrogens is 462 g/mol. The van der Waals surface area contributed by atoms with E-state index in [2.05, 4.69) is 15.1 Å². The number of aromatic nitrogens is 2. The lowest BCUT2D eigenvalue weighted by atomic mass is 10.1. The van der Waals surface area contributed by atoms with Crippen LogP contribution in [0.15, 0.2) is 89.6 Å². The Morgan fingerprint density at radius 2 is 1.75 bits per heavy atom. The van der Waals surface area contributed by atoms with Gasteiger partial charge in [0, 0.05) is 22.0 Å². The van der Waals surface area contributed by atoms with Crippen molar-refractivity contribution in [2.45, 2.75) is 6.61 Å². The first kappa shape index (κ1) is 24.4. The summed E-state index contributed by atoms with van der Waals surface area (Å²) >= 11 is 0. The van der Waals surface area contributed by atoms with Gasteiger partial charge in [0.05, 0.1) is 7.11 Å². The van der Waals surface area contributed by atoms with Gasteiger partial charge in [-0.15, -0.1) is 0 Å². The number of amides is 1. The molecule has 0 saturated carbocycles. The van der Waals surface area contributed by atoms with Gasteiger partial charge in [-0.1, -0.05) is 48.5 Å². The Balaban J connectivity index is 1.28. The third-order valence-electron chi connectivity index (χ3n) is 5.22. The van der Waals surface area contributed by atoms with Gasteiger partial charge in [0.1, 0.15) is 19.0 Å². The van der Waals surface area contributed by atoms with Crippen LogP contribution in [0.4, 0.5) is 5.69 Å². The lowest BCUT2D eigenvalue weighted by molar-refractivity contribution is -0.809. The van der Waals surface area contributed by atoms with E-state index in [4.69, 9.17) is 9.47 Å². The maximum atomic E-state index is 12.4. The van der Waals surface area contributed by atoms with E-state index in [9.17, 15) is 14.8 Å². The van der Waals surface area contributed by atoms with Crippen LogP contribution in [-0.2, 0) is 16.1 Å². The second kappa shape index (κ2) is 11.6. The van der Waals surface area contributed by atoms with Gasteiger partial charge in [0.15, 0.2) is 5.78 Å². The van der Waals surface area contributed by atoms with Crippen molar-refractivity contribution in [1.82, 2.24) is 5.16 Å². The highest BCUT2D eigenvalue weighted by Crippen LogP contribution is 2.19. The first-order chi connectivity index (χ1) is 17.5. The molecule has 3 aromatic carbocycles. The fraction of sp³-hybridized carbons (Fsp3) is 0.111. The van der Waals surface area contributed by atoms with Crippen LogP contribution in [0.3, 0.4) is 0 Å². The molecule has 4 rings (SSSR count). The molecule has 0 aliphatic heterocycles. The zero-order valence-electron chi connectivity index (χ0n) is 19.4. The minimum absolute atomic E-state index is 0.154. The van der Waals surface area contributed by atoms with Gasteiger partial charge < -0.3 is 20.0 Å². The Morgan fingerprint density at radius 3 is 2.44 bits per heavy atom. The van der Waals surface area contributed by atoms with Crippen molar-refractivity contribution in [2.75, 3.05) is 19.0 Å². The smallest absolute Gasteiger partial charge is 0.253 e. The van der Waals surface area contributed by atoms with E-state index in [1.807, 2.05) is 42.5 Å². The number of allylic oxidation sites excluding steroid dienone is 1. The second-order valence-corrected chi connectivity index (χ2v) is 7.68. The number of nitrogens with zero attached hydrogens (tertiary/aromatic N) is 2. The highest BCUT2D eigenvalue weighted by Gasteiger charge is 2.21. The third kappa shape index (κ3) is 6.22. The number of hydrogen-bond acceptors (Lipinski definition) is 7. The lowest BCUT2D eigenvalue weighted by Gasteiger charge is -2.06. The van der Waals surface area contributed by atoms with Gasteiger partial charge in [-0.05, 0) is 52.9 Å². The molecule has 1 aromatic heterocycles. The summed E-state index contributed by atoms with van der Waals surface area (Å²) in [6, 6.07) is 22.9. The molecule has 0 aliphatic rings. The van der Waals surface area contributed by atoms with Crippen molar-refractivity contribution in [3.63, 3.8) is 0 Å². The number of hydrogen-bond donors (Lipinski definition) is 1. The maximum Gasteiger partial charge on any atom is 0.253 e. The molecule has 1 N–H and O–H groups in total. The largest absolute Gasteiger partial charge is 0.497 e. The Labute approximate surface area is 207 Å². The monoisotopic (exact) mass is 485 g/mol. The quantitative estimate of drug-likeness (QED) is 0.205. The number of rotatable bonds is 10. The van der Waals surface area contributed by atoms with Crippen molar-refractivity contribution in [3.05, 3.63) is 107 Å². The molecule has 0 bridgehead atoms. The van der Waals surface area contributed by atoms with E-state index >= 15 is 0 Å². The minimum Gasteiger partial charge on any atom is -0.497 e. The van der Waals surface area contributed by atoms with Crippen LogP contribution in [0.2, 0.25) is 0 Å². The number of ether oxygens (including phenoxy) is 2. The van der Waals surface area contributed by atoms with E-state index in [1.165, 1.54) is 6.08 Å². The molecule has 36 heavy (non-hydrogen) atoms. The highest BCUT2D eigenvalue weighted by atomic mass is 16.8. The predicted octanol–water partition coefficient (Wildman–Crippen LogP) is 4.04. The van der Waals surface area contributed by atoms with E-state index in [0.717, 1.165) is 11.3 Å². The fourth-order valence-corrected chi connectivity index (χ4v) is 3.34. The molecule has 0 saturated heterocycles. The van der Waals surface area contributed by atoms with Crippen molar-refractivity contribution in [2.24, 2.45) is 0 Å². The summed E-state index contributed by atoms with van der Waals surface area (Å²) in [7, 11) is 1.59. The van der Waals surface area contributed by atoms with Gasteiger partial charge in [0.25, 0.3) is 5.69 Å². The SMILES string of the molecule is COc1ccc(/C=C/C(=O)c2ccc(NC(=O)COCc3c(-c4ccccc4)no[n+]3[O-])cc2)cc1. The molecule has 1 heterocycles. The molecule has 0 aliphatic carbocycles. The molecule has 0 atom stereocenters. The average Bonchev–Trinajstić information content (AvgIpc) is 3.28. The summed E-state index contributed by atoms with van der Waals surface area (Å²) in [4.78, 5) is 24.9. The summed E-state index contributed by atoms with van der Waals surface area (Å²) in [6.45, 7) is -0.441. The fourth-order valence-electron chi connectivity index (χ4n) is 3.34. The van der Waals surface area contributed by atoms with Crippen LogP contribution < -0.4 is 15.0 Å². The van der Waals surface area contributed by atoms with Crippen LogP contribution >= 0.6 is 0 Å². The van der Waals surface area contributed by atoms with Crippen molar-refractivity contribution < 1.29 is 28.6 Å². The number of carbonyl (C=O) groups excluding carboxylic acids is 2. The highest BCUT2D eigenvalue weighted by molar-refractivity contribution is 6.07. The summed E-state index contributed by atoms with van der Waals surface area (Å²) in [5.41, 5.74) is 3.08. The van der Waals surface area contributed by atoms with Crippen LogP contribution in [-0.4, -0.2) is 30.6 Å². The molecule has 0 fully saturated rings. The number of carbonyl (C=O) groups is 2. The van der Waals surface area contributed by atoms with E-state index < -0.39 is 5.91 Å². The molecule has 0 spiro atoms. The van der Waals surface area contributed by atoms with Crippen molar-refractivity contribution in [1.29, 1.82) is 0 Å². The van der Waals surface area contributed by atoms with Crippen LogP contribution in [0.1, 0.15) is 21.6 Å². The van der Waals surface area contributed by atoms with E-state index in [-0.39, 0.29) is 29.6 Å². The second-order valence-electron chi connectivity index (χ2n) is 7.68. The zero-order valence-corrected chi connectivity index (χ0v) is 19.4. The number of nitrogens with one attached hydrogen (secondary N) is 1. The predicted molar refractivity (Wildman–Crippen MR) is 132 cm³/mol. The van der Waals surface area contributed by atoms with Crippen molar-refractivity contribution in [3.8, 4) is 17.0 Å². The number of anilines is 1. The average molecular weight is 485 g/mol. The molecule has 182 valence electrons. The number of methoxy groups -OCH3 is 1. The standard InChI is InChI=1S/C27H23N3O6/c1-34-23-14-7-19(8-15-23)9-16-25(31)20-10-12-22(13-11-20)28-26(32)18-35-17-24-27(29-36-30(24)33)21-5-3-2-4-6-21/h2-16H,17-18H2,1H3,(H,28,32)/b16-9+. The first-order valence-corrected chi connectivity index (χ1v) is 11.0. The summed E-state index contributed by atoms with van der Waals surface area (Å²) in [6.07, 6.45) is 3.21. The molecule has 9 nitrogen and oxygen atoms in total. The van der Waals surface area contributed by atoms with E-state index in [1.54, 1.807) is 49.6 Å². The van der Waals surface area contributed by atoms with E-state index in [0.29, 0.717) is 22.5 Å². The molecule has 9 heteroatoms. The van der Waals surface area contributed by atoms with Crippen LogP contribution in [0.5, 0.6) is 5.75 Å². The summed E-state index contributed by atoms with van der Waals surface area (Å²) in [5.74, 6) is 0.163. The molecular formula is C27H23N3O6. The lowest BCUT2D eigenvalue weighted by Crippen LogP contribution is -2.29. The van der Waals surface area contributed by atoms with Gasteiger partial charge in [-0.3, -0.25) is 14.2 Å². The molecule has 1 amide bonds. The summed E-state index contributed by atoms with van der Waals surface area (Å²) < 4.78 is 15.2. The third-order valence-corrected chi connectivity index (χ3v) is 5.22. The summed E-state index contributed by atoms with van der Waals surface area (Å²) in [5, 5.41) is 18.3. The molecule has 0 radical (unpaired) electrons. The topological polar surface area (TPSA) is 118 Å². The van der Waals surface area contributed by atoms with Gasteiger partial charge in [-0.25, -0.2) is 0 Å². The Morgan fingerprint density at radius 1 is 1.03 bits per heavy atom. The maximum absolute atomic E-state index is 12.4. The van der Waals surface area contributed by atoms with Gasteiger partial charge in [-0.2, -0.15) is 0 Å². The molecule has 4 aromatic rings. The minimum atomic E-state index is -0.413. The first-order valence-electron chi connectivity index (χ1n) is 11.0. The Bertz CT molecular complexity index is 1350. The van der Waals surface area contributed by atoms with Crippen molar-refractivity contribution >= 4 is 23.5 Å². The van der Waals surface area contributed by atoms with Crippen LogP contribution in [0, 0.1) is 5.21 Å². The Kier molecular flexibility index (Phi) is 7.84. The number of benzene rings is 3. The normalized spacial score (nSPS) is 10.9. The number of ketones is 1. The Hall–Kier alpha value is -4.76. The van der Waals surface area contributed by atoms with Crippen LogP contribution in [0.25, 0.3) is 17.3 Å². The molecule has 0 unspecified atom stereocenters. The van der Waals surface area contributed by atoms with Gasteiger partial charge >= 0.3 is 0 Å². The zero-order chi connectivity index (χ0) is 25.3. The van der Waals surface area contributed by atoms with Gasteiger partial charge in [0.2, 0.25) is 11.6 Å².